The summed E-state index contributed by atoms with van der Waals surface area (Å²) < 4.78 is 79.7. The van der Waals surface area contributed by atoms with Crippen LogP contribution in [0.3, 0.4) is 0 Å². The fourth-order valence-corrected chi connectivity index (χ4v) is 5.99. The van der Waals surface area contributed by atoms with E-state index in [4.69, 9.17) is 0 Å². The summed E-state index contributed by atoms with van der Waals surface area (Å²) in [6.45, 7) is 3.33. The first-order valence-corrected chi connectivity index (χ1v) is 12.3. The van der Waals surface area contributed by atoms with E-state index < -0.39 is 36.5 Å². The van der Waals surface area contributed by atoms with Gasteiger partial charge < -0.3 is 10.2 Å². The molecule has 0 aromatic rings. The molecule has 192 valence electrons. The van der Waals surface area contributed by atoms with Crippen molar-refractivity contribution < 1.29 is 31.1 Å². The molecule has 2 saturated carbocycles. The van der Waals surface area contributed by atoms with E-state index in [1.165, 1.54) is 0 Å². The summed E-state index contributed by atoms with van der Waals surface area (Å²) in [4.78, 5) is 17.2. The summed E-state index contributed by atoms with van der Waals surface area (Å²) in [7, 11) is 1.64. The monoisotopic (exact) mass is 485 g/mol. The summed E-state index contributed by atoms with van der Waals surface area (Å²) in [6, 6.07) is -0.255. The second kappa shape index (κ2) is 11.1. The third-order valence-electron chi connectivity index (χ3n) is 7.87. The summed E-state index contributed by atoms with van der Waals surface area (Å²) in [5.41, 5.74) is 0. The van der Waals surface area contributed by atoms with Crippen LogP contribution < -0.4 is 5.32 Å². The number of carbonyl (C=O) groups excluding carboxylic acids is 1. The van der Waals surface area contributed by atoms with Crippen molar-refractivity contribution in [1.82, 2.24) is 15.1 Å². The van der Waals surface area contributed by atoms with Gasteiger partial charge in [-0.3, -0.25) is 9.69 Å². The Kier molecular flexibility index (Phi) is 8.97. The zero-order chi connectivity index (χ0) is 24.2. The smallest absolute Gasteiger partial charge is 0.344 e. The molecular weight excluding hydrogens is 448 g/mol. The Morgan fingerprint density at radius 1 is 0.939 bits per heavy atom. The number of hydrogen-bond donors (Lipinski definition) is 1. The van der Waals surface area contributed by atoms with Crippen LogP contribution >= 0.6 is 0 Å². The molecule has 1 aliphatic heterocycles. The number of alkyl halides is 6. The first kappa shape index (κ1) is 26.6. The zero-order valence-corrected chi connectivity index (χ0v) is 19.4. The summed E-state index contributed by atoms with van der Waals surface area (Å²) in [6.07, 6.45) is -5.24. The zero-order valence-electron chi connectivity index (χ0n) is 19.4. The van der Waals surface area contributed by atoms with Crippen LogP contribution in [0.25, 0.3) is 0 Å². The molecule has 0 aromatic carbocycles. The fraction of sp³-hybridized carbons (Fsp3) is 0.957. The Bertz CT molecular complexity index is 589. The van der Waals surface area contributed by atoms with Crippen LogP contribution in [0.15, 0.2) is 0 Å². The summed E-state index contributed by atoms with van der Waals surface area (Å²) in [5.74, 6) is -4.34. The Labute approximate surface area is 192 Å². The molecule has 10 heteroatoms. The van der Waals surface area contributed by atoms with E-state index in [9.17, 15) is 31.1 Å². The quantitative estimate of drug-likeness (QED) is 0.547. The third kappa shape index (κ3) is 7.23. The van der Waals surface area contributed by atoms with Gasteiger partial charge in [-0.1, -0.05) is 19.3 Å². The third-order valence-corrected chi connectivity index (χ3v) is 7.87. The highest BCUT2D eigenvalue weighted by molar-refractivity contribution is 5.82. The lowest BCUT2D eigenvalue weighted by atomic mass is 9.73. The lowest BCUT2D eigenvalue weighted by molar-refractivity contribution is -0.229. The first-order valence-electron chi connectivity index (χ1n) is 12.3. The molecule has 33 heavy (non-hydrogen) atoms. The minimum Gasteiger partial charge on any atom is -0.344 e. The van der Waals surface area contributed by atoms with Gasteiger partial charge in [-0.25, -0.2) is 0 Å². The Morgan fingerprint density at radius 3 is 2.00 bits per heavy atom. The maximum absolute atomic E-state index is 13.5. The number of nitrogens with zero attached hydrogens (tertiary/aromatic N) is 2. The van der Waals surface area contributed by atoms with E-state index >= 15 is 0 Å². The predicted molar refractivity (Wildman–Crippen MR) is 113 cm³/mol. The lowest BCUT2D eigenvalue weighted by Gasteiger charge is -2.42. The summed E-state index contributed by atoms with van der Waals surface area (Å²) in [5, 5.41) is 3.29. The number of nitrogens with one attached hydrogen (secondary N) is 1. The van der Waals surface area contributed by atoms with Crippen molar-refractivity contribution in [3.63, 3.8) is 0 Å². The normalized spacial score (nSPS) is 29.6. The largest absolute Gasteiger partial charge is 0.391 e. The van der Waals surface area contributed by atoms with Gasteiger partial charge in [0.15, 0.2) is 0 Å². The second-order valence-corrected chi connectivity index (χ2v) is 10.2. The summed E-state index contributed by atoms with van der Waals surface area (Å²) >= 11 is 0. The number of piperazine rings is 1. The lowest BCUT2D eigenvalue weighted by Crippen LogP contribution is -2.57. The van der Waals surface area contributed by atoms with Gasteiger partial charge in [-0.2, -0.15) is 26.3 Å². The van der Waals surface area contributed by atoms with E-state index in [2.05, 4.69) is 10.2 Å². The average molecular weight is 486 g/mol. The molecular formula is C23H37F6N3O. The highest BCUT2D eigenvalue weighted by atomic mass is 19.4. The fourth-order valence-electron chi connectivity index (χ4n) is 5.99. The molecule has 1 saturated heterocycles. The van der Waals surface area contributed by atoms with Crippen molar-refractivity contribution in [3.05, 3.63) is 0 Å². The Morgan fingerprint density at radius 2 is 1.48 bits per heavy atom. The van der Waals surface area contributed by atoms with Gasteiger partial charge in [0.1, 0.15) is 0 Å². The molecule has 3 fully saturated rings. The van der Waals surface area contributed by atoms with Gasteiger partial charge in [-0.15, -0.1) is 0 Å². The van der Waals surface area contributed by atoms with Crippen molar-refractivity contribution >= 4 is 5.91 Å². The molecule has 0 bridgehead atoms. The van der Waals surface area contributed by atoms with Gasteiger partial charge in [-0.05, 0) is 50.4 Å². The van der Waals surface area contributed by atoms with Crippen molar-refractivity contribution in [1.29, 1.82) is 0 Å². The molecule has 0 radical (unpaired) electrons. The van der Waals surface area contributed by atoms with Crippen molar-refractivity contribution in [2.75, 3.05) is 39.8 Å². The number of halogens is 6. The molecule has 1 amide bonds. The maximum Gasteiger partial charge on any atom is 0.391 e. The van der Waals surface area contributed by atoms with E-state index in [1.54, 1.807) is 11.9 Å². The van der Waals surface area contributed by atoms with Crippen LogP contribution in [-0.4, -0.2) is 73.9 Å². The number of carbonyl (C=O) groups is 1. The Balaban J connectivity index is 1.64. The number of likely N-dealkylation sites (N-methyl/N-ethyl adjacent to an activating group) is 1. The molecule has 3 rings (SSSR count). The van der Waals surface area contributed by atoms with Crippen LogP contribution in [0.4, 0.5) is 26.3 Å². The highest BCUT2D eigenvalue weighted by Gasteiger charge is 2.51. The van der Waals surface area contributed by atoms with Gasteiger partial charge in [0.2, 0.25) is 5.91 Å². The van der Waals surface area contributed by atoms with Crippen LogP contribution in [0.5, 0.6) is 0 Å². The molecule has 0 aromatic heterocycles. The van der Waals surface area contributed by atoms with E-state index in [0.29, 0.717) is 0 Å². The van der Waals surface area contributed by atoms with Crippen LogP contribution in [-0.2, 0) is 4.79 Å². The van der Waals surface area contributed by atoms with Crippen molar-refractivity contribution in [2.24, 2.45) is 23.7 Å². The molecule has 0 spiro atoms. The maximum atomic E-state index is 13.5. The minimum atomic E-state index is -4.63. The molecule has 1 N–H and O–H groups in total. The van der Waals surface area contributed by atoms with Crippen LogP contribution in [0.2, 0.25) is 0 Å². The Hall–Kier alpha value is -1.03. The van der Waals surface area contributed by atoms with Crippen LogP contribution in [0, 0.1) is 23.7 Å². The van der Waals surface area contributed by atoms with Gasteiger partial charge in [0.25, 0.3) is 0 Å². The molecule has 4 nitrogen and oxygen atoms in total. The minimum absolute atomic E-state index is 0.0423. The highest BCUT2D eigenvalue weighted by Crippen LogP contribution is 2.48. The topological polar surface area (TPSA) is 35.6 Å². The number of amides is 1. The number of rotatable bonds is 6. The van der Waals surface area contributed by atoms with E-state index in [0.717, 1.165) is 58.3 Å². The van der Waals surface area contributed by atoms with E-state index in [-0.39, 0.29) is 43.7 Å². The van der Waals surface area contributed by atoms with Crippen molar-refractivity contribution in [2.45, 2.75) is 76.2 Å². The van der Waals surface area contributed by atoms with Crippen LogP contribution in [0.1, 0.15) is 57.8 Å². The van der Waals surface area contributed by atoms with E-state index in [1.807, 2.05) is 0 Å². The van der Waals surface area contributed by atoms with Gasteiger partial charge in [0.05, 0.1) is 17.9 Å². The number of hydrogen-bond acceptors (Lipinski definition) is 3. The average Bonchev–Trinajstić information content (AvgIpc) is 2.77. The standard InChI is InChI=1S/C23H37F6N3O/c1-31(10-7-16-13-18(22(24,25)26)15-19(14-16)23(27,28)29)21(33)20(17-5-3-2-4-6-17)32-11-8-30-9-12-32/h16-20,30H,2-15H2,1H3. The molecule has 2 aliphatic carbocycles. The molecule has 1 heterocycles. The molecule has 3 aliphatic rings. The predicted octanol–water partition coefficient (Wildman–Crippen LogP) is 4.85. The van der Waals surface area contributed by atoms with Crippen molar-refractivity contribution in [3.8, 4) is 0 Å². The molecule has 3 unspecified atom stereocenters. The van der Waals surface area contributed by atoms with Gasteiger partial charge >= 0.3 is 12.4 Å². The first-order chi connectivity index (χ1) is 15.5. The van der Waals surface area contributed by atoms with Gasteiger partial charge in [0, 0.05) is 39.8 Å². The SMILES string of the molecule is CN(CCC1CC(C(F)(F)F)CC(C(F)(F)F)C1)C(=O)C(C1CCCCC1)N1CCNCC1. The second-order valence-electron chi connectivity index (χ2n) is 10.2. The molecule has 3 atom stereocenters.